The Labute approximate surface area is 202 Å². The minimum Gasteiger partial charge on any atom is -0.324 e. The van der Waals surface area contributed by atoms with Crippen molar-refractivity contribution in [3.8, 4) is 5.69 Å². The molecule has 1 aliphatic heterocycles. The molecule has 8 nitrogen and oxygen atoms in total. The highest BCUT2D eigenvalue weighted by Crippen LogP contribution is 2.44. The van der Waals surface area contributed by atoms with Gasteiger partial charge in [0.15, 0.2) is 11.3 Å². The molecule has 1 aliphatic carbocycles. The van der Waals surface area contributed by atoms with Crippen molar-refractivity contribution in [2.24, 2.45) is 0 Å². The maximum atomic E-state index is 15.2. The molecule has 3 aromatic heterocycles. The van der Waals surface area contributed by atoms with Crippen molar-refractivity contribution in [3.63, 3.8) is 0 Å². The van der Waals surface area contributed by atoms with Gasteiger partial charge in [0, 0.05) is 30.7 Å². The molecule has 0 bridgehead atoms. The van der Waals surface area contributed by atoms with Gasteiger partial charge in [-0.05, 0) is 81.5 Å². The number of nitrogens with one attached hydrogen (secondary N) is 2. The summed E-state index contributed by atoms with van der Waals surface area (Å²) in [7, 11) is 0. The van der Waals surface area contributed by atoms with E-state index in [0.717, 1.165) is 31.6 Å². The molecule has 4 heterocycles. The highest BCUT2D eigenvalue weighted by molar-refractivity contribution is 5.77. The van der Waals surface area contributed by atoms with Crippen LogP contribution < -0.4 is 16.2 Å². The Morgan fingerprint density at radius 2 is 2.00 bits per heavy atom. The molecule has 0 amide bonds. The Kier molecular flexibility index (Phi) is 5.17. The number of hydrogen-bond donors (Lipinski definition) is 2. The van der Waals surface area contributed by atoms with Crippen molar-refractivity contribution in [2.45, 2.75) is 57.8 Å². The van der Waals surface area contributed by atoms with Crippen LogP contribution in [0.25, 0.3) is 16.7 Å². The molecule has 6 rings (SSSR count). The van der Waals surface area contributed by atoms with Crippen LogP contribution in [0.4, 0.5) is 16.0 Å². The molecular weight excluding hydrogens is 445 g/mol. The van der Waals surface area contributed by atoms with Crippen LogP contribution >= 0.6 is 0 Å². The number of rotatable bonds is 5. The SMILES string of the molecule is CC(C)n1c(=O)c2cnc(Nc3ccc4c(c3)CNCC4)nc2n1-c1ccnc(C2(F)CCC2)c1. The zero-order chi connectivity index (χ0) is 24.2. The number of halogens is 1. The first-order chi connectivity index (χ1) is 16.9. The van der Waals surface area contributed by atoms with Crippen LogP contribution in [0.2, 0.25) is 0 Å². The second-order valence-corrected chi connectivity index (χ2v) is 9.74. The standard InChI is InChI=1S/C26H28FN7O/c1-16(2)33-24(35)21-15-30-25(31-19-5-4-17-6-10-28-14-18(17)12-19)32-23(21)34(33)20-7-11-29-22(13-20)26(27)8-3-9-26/h4-5,7,11-13,15-16,28H,3,6,8-10,14H2,1-2H3,(H,30,31,32). The van der Waals surface area contributed by atoms with E-state index in [1.807, 2.05) is 19.9 Å². The lowest BCUT2D eigenvalue weighted by Crippen LogP contribution is -2.30. The number of aromatic nitrogens is 5. The van der Waals surface area contributed by atoms with E-state index in [-0.39, 0.29) is 11.6 Å². The number of benzene rings is 1. The predicted molar refractivity (Wildman–Crippen MR) is 133 cm³/mol. The molecule has 9 heteroatoms. The lowest BCUT2D eigenvalue weighted by molar-refractivity contribution is 0.0560. The minimum absolute atomic E-state index is 0.138. The highest BCUT2D eigenvalue weighted by atomic mass is 19.1. The quantitative estimate of drug-likeness (QED) is 0.449. The van der Waals surface area contributed by atoms with Crippen LogP contribution in [0.3, 0.4) is 0 Å². The first-order valence-electron chi connectivity index (χ1n) is 12.2. The minimum atomic E-state index is -1.40. The van der Waals surface area contributed by atoms with Gasteiger partial charge < -0.3 is 10.6 Å². The molecule has 0 unspecified atom stereocenters. The topological polar surface area (TPSA) is 89.7 Å². The smallest absolute Gasteiger partial charge is 0.278 e. The van der Waals surface area contributed by atoms with Gasteiger partial charge in [-0.1, -0.05) is 6.07 Å². The highest BCUT2D eigenvalue weighted by Gasteiger charge is 2.40. The number of nitrogens with zero attached hydrogens (tertiary/aromatic N) is 5. The molecule has 2 aliphatic rings. The molecule has 0 spiro atoms. The van der Waals surface area contributed by atoms with Gasteiger partial charge in [-0.15, -0.1) is 0 Å². The lowest BCUT2D eigenvalue weighted by atomic mass is 9.79. The third-order valence-electron chi connectivity index (χ3n) is 7.05. The molecule has 180 valence electrons. The van der Waals surface area contributed by atoms with Crippen molar-refractivity contribution in [3.05, 3.63) is 69.9 Å². The monoisotopic (exact) mass is 473 g/mol. The maximum Gasteiger partial charge on any atom is 0.278 e. The summed E-state index contributed by atoms with van der Waals surface area (Å²) in [6, 6.07) is 9.65. The van der Waals surface area contributed by atoms with Gasteiger partial charge in [-0.3, -0.25) is 9.78 Å². The Balaban J connectivity index is 1.45. The van der Waals surface area contributed by atoms with E-state index < -0.39 is 5.67 Å². The van der Waals surface area contributed by atoms with Gasteiger partial charge in [0.1, 0.15) is 5.39 Å². The Hall–Kier alpha value is -3.59. The average Bonchev–Trinajstić information content (AvgIpc) is 3.14. The third kappa shape index (κ3) is 3.70. The number of fused-ring (bicyclic) bond motifs is 2. The van der Waals surface area contributed by atoms with E-state index in [2.05, 4.69) is 32.7 Å². The zero-order valence-electron chi connectivity index (χ0n) is 19.9. The fourth-order valence-electron chi connectivity index (χ4n) is 5.00. The van der Waals surface area contributed by atoms with Crippen LogP contribution in [0.15, 0.2) is 47.5 Å². The van der Waals surface area contributed by atoms with Crippen LogP contribution in [0.5, 0.6) is 0 Å². The van der Waals surface area contributed by atoms with Gasteiger partial charge in [-0.25, -0.2) is 18.7 Å². The molecule has 0 radical (unpaired) electrons. The van der Waals surface area contributed by atoms with Gasteiger partial charge in [-0.2, -0.15) is 4.98 Å². The lowest BCUT2D eigenvalue weighted by Gasteiger charge is -2.33. The molecule has 1 aromatic carbocycles. The summed E-state index contributed by atoms with van der Waals surface area (Å²) in [6.07, 6.45) is 5.98. The molecule has 35 heavy (non-hydrogen) atoms. The Bertz CT molecular complexity index is 1490. The first-order valence-corrected chi connectivity index (χ1v) is 12.2. The molecule has 4 aromatic rings. The summed E-state index contributed by atoms with van der Waals surface area (Å²) in [5.74, 6) is 0.395. The van der Waals surface area contributed by atoms with Crippen LogP contribution in [-0.2, 0) is 18.6 Å². The zero-order valence-corrected chi connectivity index (χ0v) is 19.9. The van der Waals surface area contributed by atoms with Crippen LogP contribution in [-0.4, -0.2) is 30.9 Å². The summed E-state index contributed by atoms with van der Waals surface area (Å²) in [6.45, 7) is 5.70. The summed E-state index contributed by atoms with van der Waals surface area (Å²) < 4.78 is 18.6. The van der Waals surface area contributed by atoms with E-state index in [1.165, 1.54) is 11.1 Å². The van der Waals surface area contributed by atoms with E-state index in [1.54, 1.807) is 33.9 Å². The number of alkyl halides is 1. The van der Waals surface area contributed by atoms with E-state index >= 15 is 4.39 Å². The molecule has 1 fully saturated rings. The molecule has 0 saturated heterocycles. The van der Waals surface area contributed by atoms with Crippen LogP contribution in [0.1, 0.15) is 56.0 Å². The third-order valence-corrected chi connectivity index (χ3v) is 7.05. The van der Waals surface area contributed by atoms with E-state index in [4.69, 9.17) is 4.98 Å². The molecular formula is C26H28FN7O. The maximum absolute atomic E-state index is 15.2. The van der Waals surface area contributed by atoms with Crippen molar-refractivity contribution in [2.75, 3.05) is 11.9 Å². The Morgan fingerprint density at radius 3 is 2.77 bits per heavy atom. The molecule has 1 saturated carbocycles. The summed E-state index contributed by atoms with van der Waals surface area (Å²) in [5, 5.41) is 7.10. The van der Waals surface area contributed by atoms with E-state index in [0.29, 0.717) is 41.2 Å². The Morgan fingerprint density at radius 1 is 1.14 bits per heavy atom. The summed E-state index contributed by atoms with van der Waals surface area (Å²) >= 11 is 0. The number of anilines is 2. The number of pyridine rings is 1. The summed E-state index contributed by atoms with van der Waals surface area (Å²) in [4.78, 5) is 26.8. The average molecular weight is 474 g/mol. The fourth-order valence-corrected chi connectivity index (χ4v) is 5.00. The van der Waals surface area contributed by atoms with E-state index in [9.17, 15) is 4.79 Å². The second-order valence-electron chi connectivity index (χ2n) is 9.74. The van der Waals surface area contributed by atoms with Crippen molar-refractivity contribution in [1.82, 2.24) is 29.6 Å². The van der Waals surface area contributed by atoms with Crippen molar-refractivity contribution in [1.29, 1.82) is 0 Å². The van der Waals surface area contributed by atoms with Gasteiger partial charge in [0.05, 0.1) is 11.4 Å². The first kappa shape index (κ1) is 21.9. The van der Waals surface area contributed by atoms with Crippen LogP contribution in [0, 0.1) is 0 Å². The molecule has 2 N–H and O–H groups in total. The normalized spacial score (nSPS) is 16.8. The van der Waals surface area contributed by atoms with Crippen molar-refractivity contribution >= 4 is 22.7 Å². The van der Waals surface area contributed by atoms with Gasteiger partial charge in [0.2, 0.25) is 5.95 Å². The summed E-state index contributed by atoms with van der Waals surface area (Å²) in [5.41, 5.74) is 3.44. The van der Waals surface area contributed by atoms with Crippen molar-refractivity contribution < 1.29 is 4.39 Å². The largest absolute Gasteiger partial charge is 0.324 e. The molecule has 0 atom stereocenters. The van der Waals surface area contributed by atoms with Gasteiger partial charge >= 0.3 is 0 Å². The second kappa shape index (κ2) is 8.27. The van der Waals surface area contributed by atoms with Gasteiger partial charge in [0.25, 0.3) is 5.56 Å². The fraction of sp³-hybridized carbons (Fsp3) is 0.385. The predicted octanol–water partition coefficient (Wildman–Crippen LogP) is 4.30. The number of hydrogen-bond acceptors (Lipinski definition) is 6.